The average molecular weight is 264 g/mol. The summed E-state index contributed by atoms with van der Waals surface area (Å²) < 4.78 is 16.8. The second kappa shape index (κ2) is 4.64. The zero-order chi connectivity index (χ0) is 13.4. The molecule has 5 nitrogen and oxygen atoms in total. The van der Waals surface area contributed by atoms with E-state index >= 15 is 0 Å². The molecule has 0 saturated carbocycles. The molecule has 1 N–H and O–H groups in total. The number of carboxylic acids is 1. The van der Waals surface area contributed by atoms with Crippen LogP contribution in [0.3, 0.4) is 0 Å². The van der Waals surface area contributed by atoms with E-state index in [9.17, 15) is 4.79 Å². The van der Waals surface area contributed by atoms with Crippen molar-refractivity contribution in [2.24, 2.45) is 0 Å². The first-order chi connectivity index (χ1) is 9.22. The van der Waals surface area contributed by atoms with E-state index in [0.717, 1.165) is 46.8 Å². The predicted molar refractivity (Wildman–Crippen MR) is 67.3 cm³/mol. The molecule has 0 unspecified atom stereocenters. The minimum atomic E-state index is -0.796. The molecular weight excluding hydrogens is 248 g/mol. The smallest absolute Gasteiger partial charge is 0.303 e. The van der Waals surface area contributed by atoms with E-state index in [2.05, 4.69) is 0 Å². The molecule has 2 aliphatic rings. The van der Waals surface area contributed by atoms with Crippen LogP contribution in [0.2, 0.25) is 0 Å². The average Bonchev–Trinajstić information content (AvgIpc) is 3.02. The lowest BCUT2D eigenvalue weighted by atomic mass is 9.95. The fourth-order valence-corrected chi connectivity index (χ4v) is 2.87. The Hall–Kier alpha value is -1.91. The lowest BCUT2D eigenvalue weighted by Gasteiger charge is -2.16. The van der Waals surface area contributed by atoms with Gasteiger partial charge in [0.2, 0.25) is 0 Å². The van der Waals surface area contributed by atoms with Gasteiger partial charge in [0.15, 0.2) is 11.5 Å². The van der Waals surface area contributed by atoms with Crippen molar-refractivity contribution < 1.29 is 24.1 Å². The van der Waals surface area contributed by atoms with E-state index in [4.69, 9.17) is 19.3 Å². The van der Waals surface area contributed by atoms with Gasteiger partial charge in [0, 0.05) is 36.0 Å². The van der Waals surface area contributed by atoms with Gasteiger partial charge in [-0.05, 0) is 6.42 Å². The van der Waals surface area contributed by atoms with E-state index in [-0.39, 0.29) is 6.42 Å². The Morgan fingerprint density at radius 2 is 1.89 bits per heavy atom. The van der Waals surface area contributed by atoms with Crippen molar-refractivity contribution in [3.63, 3.8) is 0 Å². The highest BCUT2D eigenvalue weighted by Gasteiger charge is 2.32. The summed E-state index contributed by atoms with van der Waals surface area (Å²) in [5.74, 6) is 1.57. The molecule has 102 valence electrons. The molecule has 1 aromatic carbocycles. The topological polar surface area (TPSA) is 65.0 Å². The third-order valence-corrected chi connectivity index (χ3v) is 3.66. The second-order valence-corrected chi connectivity index (χ2v) is 4.72. The summed E-state index contributed by atoms with van der Waals surface area (Å²) in [4.78, 5) is 10.8. The Bertz CT molecular complexity index is 500. The zero-order valence-electron chi connectivity index (χ0n) is 10.8. The Kier molecular flexibility index (Phi) is 2.97. The van der Waals surface area contributed by atoms with Crippen LogP contribution in [-0.4, -0.2) is 31.4 Å². The predicted octanol–water partition coefficient (Wildman–Crippen LogP) is 1.58. The highest BCUT2D eigenvalue weighted by atomic mass is 16.5. The van der Waals surface area contributed by atoms with Gasteiger partial charge in [-0.2, -0.15) is 0 Å². The van der Waals surface area contributed by atoms with Crippen LogP contribution >= 0.6 is 0 Å². The summed E-state index contributed by atoms with van der Waals surface area (Å²) in [7, 11) is 1.63. The third kappa shape index (κ3) is 1.89. The molecule has 19 heavy (non-hydrogen) atoms. The van der Waals surface area contributed by atoms with Crippen molar-refractivity contribution in [2.45, 2.75) is 25.7 Å². The van der Waals surface area contributed by atoms with Crippen molar-refractivity contribution in [1.29, 1.82) is 0 Å². The number of rotatable bonds is 4. The molecule has 0 amide bonds. The van der Waals surface area contributed by atoms with Gasteiger partial charge < -0.3 is 19.3 Å². The summed E-state index contributed by atoms with van der Waals surface area (Å²) in [6.45, 7) is 1.24. The quantitative estimate of drug-likeness (QED) is 0.894. The highest BCUT2D eigenvalue weighted by Crippen LogP contribution is 2.49. The van der Waals surface area contributed by atoms with Crippen molar-refractivity contribution in [1.82, 2.24) is 0 Å². The van der Waals surface area contributed by atoms with Gasteiger partial charge in [-0.15, -0.1) is 0 Å². The number of aliphatic carboxylic acids is 1. The number of hydrogen-bond donors (Lipinski definition) is 1. The number of carbonyl (C=O) groups is 1. The van der Waals surface area contributed by atoms with Crippen LogP contribution in [0.15, 0.2) is 0 Å². The number of carboxylic acid groups (broad SMARTS) is 1. The lowest BCUT2D eigenvalue weighted by molar-refractivity contribution is -0.136. The van der Waals surface area contributed by atoms with Crippen molar-refractivity contribution in [2.75, 3.05) is 20.3 Å². The number of ether oxygens (including phenoxy) is 3. The van der Waals surface area contributed by atoms with Crippen LogP contribution in [-0.2, 0) is 24.1 Å². The van der Waals surface area contributed by atoms with E-state index < -0.39 is 5.97 Å². The molecule has 0 spiro atoms. The number of fused-ring (bicyclic) bond motifs is 2. The van der Waals surface area contributed by atoms with Gasteiger partial charge >= 0.3 is 5.97 Å². The van der Waals surface area contributed by atoms with Gasteiger partial charge in [-0.3, -0.25) is 4.79 Å². The molecule has 2 heterocycles. The lowest BCUT2D eigenvalue weighted by Crippen LogP contribution is -2.03. The van der Waals surface area contributed by atoms with E-state index in [0.29, 0.717) is 19.6 Å². The van der Waals surface area contributed by atoms with Gasteiger partial charge in [0.1, 0.15) is 5.75 Å². The van der Waals surface area contributed by atoms with Crippen molar-refractivity contribution >= 4 is 5.97 Å². The SMILES string of the molecule is COc1c2c(c(CCC(=O)O)c3c1OCC3)OCC2. The van der Waals surface area contributed by atoms with Gasteiger partial charge in [-0.1, -0.05) is 0 Å². The first-order valence-electron chi connectivity index (χ1n) is 6.44. The van der Waals surface area contributed by atoms with Crippen molar-refractivity contribution in [3.8, 4) is 17.2 Å². The molecule has 0 aliphatic carbocycles. The van der Waals surface area contributed by atoms with Crippen molar-refractivity contribution in [3.05, 3.63) is 16.7 Å². The van der Waals surface area contributed by atoms with Crippen LogP contribution < -0.4 is 14.2 Å². The Morgan fingerprint density at radius 1 is 1.21 bits per heavy atom. The van der Waals surface area contributed by atoms with Crippen LogP contribution in [0.25, 0.3) is 0 Å². The molecule has 0 bridgehead atoms. The first-order valence-corrected chi connectivity index (χ1v) is 6.44. The third-order valence-electron chi connectivity index (χ3n) is 3.66. The molecule has 5 heteroatoms. The maximum Gasteiger partial charge on any atom is 0.303 e. The zero-order valence-corrected chi connectivity index (χ0v) is 10.8. The number of methoxy groups -OCH3 is 1. The van der Waals surface area contributed by atoms with Crippen LogP contribution in [0.5, 0.6) is 17.2 Å². The molecular formula is C14H16O5. The molecule has 0 aromatic heterocycles. The van der Waals surface area contributed by atoms with Gasteiger partial charge in [0.05, 0.1) is 20.3 Å². The number of benzene rings is 1. The molecule has 0 atom stereocenters. The summed E-state index contributed by atoms with van der Waals surface area (Å²) in [5.41, 5.74) is 3.06. The summed E-state index contributed by atoms with van der Waals surface area (Å²) in [6.07, 6.45) is 2.16. The molecule has 2 aliphatic heterocycles. The fraction of sp³-hybridized carbons (Fsp3) is 0.500. The normalized spacial score (nSPS) is 15.4. The maximum atomic E-state index is 10.8. The summed E-state index contributed by atoms with van der Waals surface area (Å²) in [5, 5.41) is 8.88. The molecule has 3 rings (SSSR count). The molecule has 1 aromatic rings. The minimum absolute atomic E-state index is 0.106. The van der Waals surface area contributed by atoms with E-state index in [1.165, 1.54) is 0 Å². The monoisotopic (exact) mass is 264 g/mol. The molecule has 0 radical (unpaired) electrons. The van der Waals surface area contributed by atoms with Gasteiger partial charge in [0.25, 0.3) is 0 Å². The summed E-state index contributed by atoms with van der Waals surface area (Å²) >= 11 is 0. The maximum absolute atomic E-state index is 10.8. The van der Waals surface area contributed by atoms with Crippen LogP contribution in [0.4, 0.5) is 0 Å². The Morgan fingerprint density at radius 3 is 2.58 bits per heavy atom. The Labute approximate surface area is 111 Å². The largest absolute Gasteiger partial charge is 0.493 e. The molecule has 0 saturated heterocycles. The standard InChI is InChI=1S/C14H16O5/c1-17-13-10-5-7-18-12(10)8(2-3-11(15)16)9-4-6-19-14(9)13/h2-7H2,1H3,(H,15,16). The van der Waals surface area contributed by atoms with E-state index in [1.54, 1.807) is 7.11 Å². The minimum Gasteiger partial charge on any atom is -0.493 e. The first kappa shape index (κ1) is 12.1. The van der Waals surface area contributed by atoms with Crippen LogP contribution in [0.1, 0.15) is 23.1 Å². The second-order valence-electron chi connectivity index (χ2n) is 4.72. The molecule has 0 fully saturated rings. The van der Waals surface area contributed by atoms with E-state index in [1.807, 2.05) is 0 Å². The fourth-order valence-electron chi connectivity index (χ4n) is 2.87. The summed E-state index contributed by atoms with van der Waals surface area (Å²) in [6, 6.07) is 0. The highest BCUT2D eigenvalue weighted by molar-refractivity contribution is 5.70. The number of hydrogen-bond acceptors (Lipinski definition) is 4. The van der Waals surface area contributed by atoms with Gasteiger partial charge in [-0.25, -0.2) is 0 Å². The van der Waals surface area contributed by atoms with Crippen LogP contribution in [0, 0.1) is 0 Å². The Balaban J connectivity index is 2.10.